The Labute approximate surface area is 472 Å². The van der Waals surface area contributed by atoms with Crippen molar-refractivity contribution in [2.45, 2.75) is 96.8 Å². The van der Waals surface area contributed by atoms with Crippen LogP contribution in [-0.2, 0) is 5.41 Å². The van der Waals surface area contributed by atoms with Gasteiger partial charge in [-0.1, -0.05) is 212 Å². The third-order valence-corrected chi connectivity index (χ3v) is 17.3. The maximum absolute atomic E-state index is 7.37. The number of rotatable bonds is 13. The van der Waals surface area contributed by atoms with Gasteiger partial charge in [0.15, 0.2) is 0 Å². The van der Waals surface area contributed by atoms with E-state index in [2.05, 4.69) is 274 Å². The molecule has 1 fully saturated rings. The summed E-state index contributed by atoms with van der Waals surface area (Å²) in [7, 11) is 0. The lowest BCUT2D eigenvalue weighted by molar-refractivity contribution is 0.345. The Bertz CT molecular complexity index is 3950. The van der Waals surface area contributed by atoms with Gasteiger partial charge >= 0.3 is 0 Å². The van der Waals surface area contributed by atoms with E-state index in [0.29, 0.717) is 24.4 Å². The maximum Gasteiger partial charge on any atom is 0.137 e. The van der Waals surface area contributed by atoms with E-state index < -0.39 is 0 Å². The number of fused-ring (bicyclic) bond motifs is 4. The molecule has 2 aromatic heterocycles. The second kappa shape index (κ2) is 21.2. The molecule has 9 aromatic carbocycles. The van der Waals surface area contributed by atoms with Gasteiger partial charge in [-0.15, -0.1) is 0 Å². The highest BCUT2D eigenvalue weighted by Gasteiger charge is 2.37. The fourth-order valence-electron chi connectivity index (χ4n) is 13.3. The van der Waals surface area contributed by atoms with Gasteiger partial charge in [0.2, 0.25) is 0 Å². The van der Waals surface area contributed by atoms with Gasteiger partial charge in [0, 0.05) is 51.3 Å². The van der Waals surface area contributed by atoms with Crippen molar-refractivity contribution in [2.75, 3.05) is 16.5 Å². The van der Waals surface area contributed by atoms with Gasteiger partial charge in [-0.2, -0.15) is 0 Å². The third kappa shape index (κ3) is 9.13. The second-order valence-corrected chi connectivity index (χ2v) is 23.2. The van der Waals surface area contributed by atoms with Gasteiger partial charge in [-0.25, -0.2) is 4.98 Å². The third-order valence-electron chi connectivity index (χ3n) is 17.3. The summed E-state index contributed by atoms with van der Waals surface area (Å²) in [5.41, 5.74) is 20.7. The van der Waals surface area contributed by atoms with E-state index in [1.54, 1.807) is 0 Å². The summed E-state index contributed by atoms with van der Waals surface area (Å²) in [6, 6.07) is 80.4. The van der Waals surface area contributed by atoms with Crippen LogP contribution < -0.4 is 14.5 Å². The van der Waals surface area contributed by atoms with Crippen molar-refractivity contribution in [3.8, 4) is 50.7 Å². The summed E-state index contributed by atoms with van der Waals surface area (Å²) in [5, 5.41) is 2.35. The molecule has 5 heteroatoms. The first-order chi connectivity index (χ1) is 39.1. The number of benzene rings is 9. The average molecular weight is 1040 g/mol. The quantitative estimate of drug-likeness (QED) is 0.115. The fraction of sp³-hybridized carbons (Fsp3) is 0.213. The molecule has 0 N–H and O–H groups in total. The lowest BCUT2D eigenvalue weighted by Gasteiger charge is -2.38. The van der Waals surface area contributed by atoms with E-state index in [1.165, 1.54) is 86.0 Å². The van der Waals surface area contributed by atoms with Crippen molar-refractivity contribution >= 4 is 44.6 Å². The van der Waals surface area contributed by atoms with Crippen LogP contribution in [-0.4, -0.2) is 16.2 Å². The number of pyridine rings is 1. The van der Waals surface area contributed by atoms with Crippen molar-refractivity contribution in [1.29, 1.82) is 0 Å². The molecule has 5 nitrogen and oxygen atoms in total. The van der Waals surface area contributed by atoms with Gasteiger partial charge in [-0.05, 0) is 135 Å². The molecule has 1 aliphatic heterocycles. The summed E-state index contributed by atoms with van der Waals surface area (Å²) in [6.07, 6.45) is 7.99. The fourth-order valence-corrected chi connectivity index (χ4v) is 13.3. The highest BCUT2D eigenvalue weighted by atomic mass is 16.5. The molecule has 13 rings (SSSR count). The molecule has 0 bridgehead atoms. The molecule has 0 spiro atoms. The van der Waals surface area contributed by atoms with Crippen LogP contribution in [0.2, 0.25) is 0 Å². The number of anilines is 4. The molecule has 80 heavy (non-hydrogen) atoms. The molecule has 1 saturated carbocycles. The Morgan fingerprint density at radius 1 is 0.450 bits per heavy atom. The topological polar surface area (TPSA) is 33.5 Å². The van der Waals surface area contributed by atoms with Crippen molar-refractivity contribution in [3.05, 3.63) is 252 Å². The summed E-state index contributed by atoms with van der Waals surface area (Å²) < 4.78 is 9.73. The molecule has 0 radical (unpaired) electrons. The molecule has 0 atom stereocenters. The molecule has 11 aromatic rings. The van der Waals surface area contributed by atoms with Crippen LogP contribution >= 0.6 is 0 Å². The average Bonchev–Trinajstić information content (AvgIpc) is 4.06. The minimum Gasteiger partial charge on any atom is -0.457 e. The zero-order chi connectivity index (χ0) is 54.5. The smallest absolute Gasteiger partial charge is 0.137 e. The highest BCUT2D eigenvalue weighted by molar-refractivity contribution is 6.09. The maximum atomic E-state index is 7.37. The predicted molar refractivity (Wildman–Crippen MR) is 336 cm³/mol. The molecule has 3 heterocycles. The number of hydrogen-bond acceptors (Lipinski definition) is 4. The minimum atomic E-state index is -0.0602. The summed E-state index contributed by atoms with van der Waals surface area (Å²) in [6.45, 7) is 14.6. The van der Waals surface area contributed by atoms with Crippen LogP contribution in [0.25, 0.3) is 61.0 Å². The predicted octanol–water partition coefficient (Wildman–Crippen LogP) is 20.8. The molecule has 2 aliphatic rings. The largest absolute Gasteiger partial charge is 0.457 e. The molecular formula is C75H70N4O. The Hall–Kier alpha value is -8.67. The van der Waals surface area contributed by atoms with Crippen LogP contribution in [0.5, 0.6) is 11.5 Å². The van der Waals surface area contributed by atoms with Crippen LogP contribution in [0.15, 0.2) is 225 Å². The van der Waals surface area contributed by atoms with Crippen molar-refractivity contribution in [3.63, 3.8) is 0 Å². The zero-order valence-electron chi connectivity index (χ0n) is 47.0. The standard InChI is InChI=1S/C75H70N4O/c1-50(2)55-44-66(51(3)4)73(67(45-55)52(5)6)56-42-59(77-49-78(70-35-20-19-34-69(70)77)74-62(53-24-11-7-12-25-53)31-23-32-63(74)54-26-13-8-14-27-54)47-61(43-56)80-60-36-37-65-64-30-17-18-33-68(64)79(71(65)48-60)72-46-58(38-41-76-72)75(39-21-10-22-40-75)57-28-15-9-16-29-57/h7-9,11-20,23-38,41-48,50-52H,10,21-22,39-40,49H2,1-6H3. The zero-order valence-corrected chi connectivity index (χ0v) is 47.0. The Balaban J connectivity index is 0.979. The van der Waals surface area contributed by atoms with Crippen LogP contribution in [0.1, 0.15) is 119 Å². The Kier molecular flexibility index (Phi) is 13.5. The van der Waals surface area contributed by atoms with Crippen molar-refractivity contribution < 1.29 is 4.74 Å². The molecular weight excluding hydrogens is 973 g/mol. The van der Waals surface area contributed by atoms with Crippen molar-refractivity contribution in [1.82, 2.24) is 9.55 Å². The molecule has 1 aliphatic carbocycles. The minimum absolute atomic E-state index is 0.0602. The van der Waals surface area contributed by atoms with Gasteiger partial charge in [0.1, 0.15) is 24.0 Å². The number of hydrogen-bond donors (Lipinski definition) is 0. The second-order valence-electron chi connectivity index (χ2n) is 23.2. The van der Waals surface area contributed by atoms with E-state index in [9.17, 15) is 0 Å². The first-order valence-electron chi connectivity index (χ1n) is 29.1. The van der Waals surface area contributed by atoms with Gasteiger partial charge in [0.05, 0.1) is 28.1 Å². The first-order valence-corrected chi connectivity index (χ1v) is 29.1. The van der Waals surface area contributed by atoms with Crippen molar-refractivity contribution in [2.24, 2.45) is 0 Å². The summed E-state index contributed by atoms with van der Waals surface area (Å²) in [5.74, 6) is 3.45. The van der Waals surface area contributed by atoms with Crippen LogP contribution in [0.4, 0.5) is 22.7 Å². The normalized spacial score (nSPS) is 14.2. The summed E-state index contributed by atoms with van der Waals surface area (Å²) >= 11 is 0. The van der Waals surface area contributed by atoms with E-state index >= 15 is 0 Å². The number of para-hydroxylation sites is 4. The lowest BCUT2D eigenvalue weighted by Crippen LogP contribution is -2.30. The SMILES string of the molecule is CC(C)c1cc(C(C)C)c(-c2cc(Oc3ccc4c5ccccc5n(-c5cc(C6(c7ccccc7)CCCCC6)ccn5)c4c3)cc(N3CN(c4c(-c5ccccc5)cccc4-c4ccccc4)c4ccccc43)c2)c(C(C)C)c1. The molecule has 0 unspecified atom stereocenters. The number of ether oxygens (including phenoxy) is 1. The van der Waals surface area contributed by atoms with Gasteiger partial charge < -0.3 is 14.5 Å². The highest BCUT2D eigenvalue weighted by Crippen LogP contribution is 2.52. The van der Waals surface area contributed by atoms with Gasteiger partial charge in [-0.3, -0.25) is 4.57 Å². The molecule has 396 valence electrons. The van der Waals surface area contributed by atoms with Crippen LogP contribution in [0.3, 0.4) is 0 Å². The first kappa shape index (κ1) is 50.8. The van der Waals surface area contributed by atoms with E-state index in [4.69, 9.17) is 9.72 Å². The Morgan fingerprint density at radius 2 is 1.05 bits per heavy atom. The van der Waals surface area contributed by atoms with E-state index in [0.717, 1.165) is 69.2 Å². The molecule has 0 saturated heterocycles. The molecule has 0 amide bonds. The monoisotopic (exact) mass is 1040 g/mol. The number of nitrogens with zero attached hydrogens (tertiary/aromatic N) is 4. The van der Waals surface area contributed by atoms with E-state index in [-0.39, 0.29) is 5.41 Å². The van der Waals surface area contributed by atoms with Gasteiger partial charge in [0.25, 0.3) is 0 Å². The Morgan fingerprint density at radius 3 is 1.70 bits per heavy atom. The lowest BCUT2D eigenvalue weighted by atomic mass is 9.65. The van der Waals surface area contributed by atoms with E-state index in [1.807, 2.05) is 6.20 Å². The summed E-state index contributed by atoms with van der Waals surface area (Å²) in [4.78, 5) is 10.2. The van der Waals surface area contributed by atoms with Crippen LogP contribution in [0, 0.1) is 0 Å². The number of aromatic nitrogens is 2.